The molecule has 0 amide bonds. The Balaban J connectivity index is 1.62. The van der Waals surface area contributed by atoms with Crippen molar-refractivity contribution in [3.05, 3.63) is 59.9 Å². The highest BCUT2D eigenvalue weighted by Gasteiger charge is 1.98. The van der Waals surface area contributed by atoms with Crippen LogP contribution in [0.5, 0.6) is 5.75 Å². The van der Waals surface area contributed by atoms with Crippen LogP contribution in [0.15, 0.2) is 53.7 Å². The van der Waals surface area contributed by atoms with Crippen molar-refractivity contribution in [2.75, 3.05) is 26.2 Å². The first-order chi connectivity index (χ1) is 12.8. The molecule has 0 fully saturated rings. The fourth-order valence-corrected chi connectivity index (χ4v) is 2.43. The standard InChI is InChI=1S/C21H30N4O/c1-3-22-21(25-16-13-19-8-4-5-14-23-19)24-15-6-7-17-26-20-11-9-18(2)10-12-20/h4-5,8-12,14H,3,6-7,13,15-17H2,1-2H3,(H2,22,24,25). The minimum absolute atomic E-state index is 0.724. The van der Waals surface area contributed by atoms with Crippen molar-refractivity contribution in [1.82, 2.24) is 15.6 Å². The summed E-state index contributed by atoms with van der Waals surface area (Å²) in [5.74, 6) is 1.80. The number of guanidine groups is 1. The van der Waals surface area contributed by atoms with Gasteiger partial charge >= 0.3 is 0 Å². The third-order valence-electron chi connectivity index (χ3n) is 3.86. The molecule has 1 heterocycles. The average molecular weight is 354 g/mol. The molecule has 0 radical (unpaired) electrons. The van der Waals surface area contributed by atoms with Crippen LogP contribution in [0.4, 0.5) is 0 Å². The summed E-state index contributed by atoms with van der Waals surface area (Å²) < 4.78 is 5.74. The lowest BCUT2D eigenvalue weighted by Crippen LogP contribution is -2.38. The Morgan fingerprint density at radius 3 is 2.65 bits per heavy atom. The predicted octanol–water partition coefficient (Wildman–Crippen LogP) is 3.35. The number of aliphatic imine (C=N–C) groups is 1. The van der Waals surface area contributed by atoms with E-state index in [0.717, 1.165) is 62.9 Å². The third kappa shape index (κ3) is 8.01. The van der Waals surface area contributed by atoms with Gasteiger partial charge < -0.3 is 15.4 Å². The molecular weight excluding hydrogens is 324 g/mol. The maximum atomic E-state index is 5.74. The molecule has 0 spiro atoms. The molecular formula is C21H30N4O. The van der Waals surface area contributed by atoms with Crippen molar-refractivity contribution in [1.29, 1.82) is 0 Å². The van der Waals surface area contributed by atoms with Crippen LogP contribution in [0.1, 0.15) is 31.0 Å². The molecule has 26 heavy (non-hydrogen) atoms. The number of aromatic nitrogens is 1. The summed E-state index contributed by atoms with van der Waals surface area (Å²) in [6, 6.07) is 14.2. The number of pyridine rings is 1. The second-order valence-electron chi connectivity index (χ2n) is 6.13. The van der Waals surface area contributed by atoms with Crippen LogP contribution in [0.2, 0.25) is 0 Å². The Labute approximate surface area is 156 Å². The van der Waals surface area contributed by atoms with E-state index in [2.05, 4.69) is 46.6 Å². The Hall–Kier alpha value is -2.56. The first-order valence-corrected chi connectivity index (χ1v) is 9.39. The van der Waals surface area contributed by atoms with Gasteiger partial charge in [-0.25, -0.2) is 0 Å². The second-order valence-corrected chi connectivity index (χ2v) is 6.13. The first-order valence-electron chi connectivity index (χ1n) is 9.39. The second kappa shape index (κ2) is 11.9. The maximum Gasteiger partial charge on any atom is 0.191 e. The molecule has 5 nitrogen and oxygen atoms in total. The van der Waals surface area contributed by atoms with Crippen molar-refractivity contribution in [2.45, 2.75) is 33.1 Å². The van der Waals surface area contributed by atoms with Gasteiger partial charge in [-0.3, -0.25) is 9.98 Å². The van der Waals surface area contributed by atoms with Crippen LogP contribution >= 0.6 is 0 Å². The molecule has 1 aromatic heterocycles. The van der Waals surface area contributed by atoms with E-state index in [1.54, 1.807) is 0 Å². The lowest BCUT2D eigenvalue weighted by atomic mass is 10.2. The van der Waals surface area contributed by atoms with E-state index in [4.69, 9.17) is 4.74 Å². The number of benzene rings is 1. The highest BCUT2D eigenvalue weighted by molar-refractivity contribution is 5.79. The van der Waals surface area contributed by atoms with Crippen LogP contribution in [0.3, 0.4) is 0 Å². The quantitative estimate of drug-likeness (QED) is 0.390. The zero-order chi connectivity index (χ0) is 18.5. The van der Waals surface area contributed by atoms with Crippen molar-refractivity contribution < 1.29 is 4.74 Å². The van der Waals surface area contributed by atoms with E-state index in [1.165, 1.54) is 5.56 Å². The summed E-state index contributed by atoms with van der Waals surface area (Å²) in [6.45, 7) is 7.34. The summed E-state index contributed by atoms with van der Waals surface area (Å²) in [7, 11) is 0. The topological polar surface area (TPSA) is 58.5 Å². The SMILES string of the molecule is CCNC(=NCCCCOc1ccc(C)cc1)NCCc1ccccn1. The third-order valence-corrected chi connectivity index (χ3v) is 3.86. The lowest BCUT2D eigenvalue weighted by Gasteiger charge is -2.11. The van der Waals surface area contributed by atoms with Crippen molar-refractivity contribution in [3.63, 3.8) is 0 Å². The zero-order valence-corrected chi connectivity index (χ0v) is 15.9. The molecule has 5 heteroatoms. The predicted molar refractivity (Wildman–Crippen MR) is 108 cm³/mol. The summed E-state index contributed by atoms with van der Waals surface area (Å²) in [5.41, 5.74) is 2.34. The molecule has 0 aliphatic carbocycles. The lowest BCUT2D eigenvalue weighted by molar-refractivity contribution is 0.308. The normalized spacial score (nSPS) is 11.2. The van der Waals surface area contributed by atoms with Crippen molar-refractivity contribution in [2.24, 2.45) is 4.99 Å². The smallest absolute Gasteiger partial charge is 0.191 e. The molecule has 0 bridgehead atoms. The number of aryl methyl sites for hydroxylation is 1. The molecule has 2 N–H and O–H groups in total. The number of nitrogens with one attached hydrogen (secondary N) is 2. The Morgan fingerprint density at radius 2 is 1.92 bits per heavy atom. The molecule has 2 rings (SSSR count). The summed E-state index contributed by atoms with van der Waals surface area (Å²) in [5, 5.41) is 6.64. The van der Waals surface area contributed by atoms with Gasteiger partial charge in [0.15, 0.2) is 5.96 Å². The Morgan fingerprint density at radius 1 is 1.08 bits per heavy atom. The van der Waals surface area contributed by atoms with Gasteiger partial charge in [-0.2, -0.15) is 0 Å². The van der Waals surface area contributed by atoms with E-state index in [1.807, 2.05) is 36.5 Å². The average Bonchev–Trinajstić information content (AvgIpc) is 2.67. The molecule has 0 saturated heterocycles. The summed E-state index contributed by atoms with van der Waals surface area (Å²) in [6.07, 6.45) is 4.70. The van der Waals surface area contributed by atoms with Crippen LogP contribution in [-0.4, -0.2) is 37.2 Å². The van der Waals surface area contributed by atoms with Crippen LogP contribution in [-0.2, 0) is 6.42 Å². The highest BCUT2D eigenvalue weighted by Crippen LogP contribution is 2.11. The van der Waals surface area contributed by atoms with Gasteiger partial charge in [-0.1, -0.05) is 23.8 Å². The summed E-state index contributed by atoms with van der Waals surface area (Å²) in [4.78, 5) is 8.95. The van der Waals surface area contributed by atoms with Gasteiger partial charge in [0.05, 0.1) is 6.61 Å². The molecule has 0 saturated carbocycles. The molecule has 140 valence electrons. The Kier molecular flexibility index (Phi) is 9.05. The van der Waals surface area contributed by atoms with Crippen LogP contribution in [0.25, 0.3) is 0 Å². The highest BCUT2D eigenvalue weighted by atomic mass is 16.5. The van der Waals surface area contributed by atoms with Crippen molar-refractivity contribution in [3.8, 4) is 5.75 Å². The fourth-order valence-electron chi connectivity index (χ4n) is 2.43. The van der Waals surface area contributed by atoms with Gasteiger partial charge in [-0.05, 0) is 51.0 Å². The van der Waals surface area contributed by atoms with Gasteiger partial charge in [0.1, 0.15) is 5.75 Å². The molecule has 0 unspecified atom stereocenters. The molecule has 2 aromatic rings. The van der Waals surface area contributed by atoms with E-state index < -0.39 is 0 Å². The first kappa shape index (κ1) is 19.8. The van der Waals surface area contributed by atoms with E-state index >= 15 is 0 Å². The fraction of sp³-hybridized carbons (Fsp3) is 0.429. The minimum Gasteiger partial charge on any atom is -0.494 e. The number of nitrogens with zero attached hydrogens (tertiary/aromatic N) is 2. The van der Waals surface area contributed by atoms with Crippen LogP contribution < -0.4 is 15.4 Å². The molecule has 0 atom stereocenters. The zero-order valence-electron chi connectivity index (χ0n) is 15.9. The summed E-state index contributed by atoms with van der Waals surface area (Å²) >= 11 is 0. The van der Waals surface area contributed by atoms with Gasteiger partial charge in [0.2, 0.25) is 0 Å². The number of ether oxygens (including phenoxy) is 1. The monoisotopic (exact) mass is 354 g/mol. The molecule has 0 aliphatic rings. The van der Waals surface area contributed by atoms with E-state index in [-0.39, 0.29) is 0 Å². The number of unbranched alkanes of at least 4 members (excludes halogenated alkanes) is 1. The minimum atomic E-state index is 0.724. The van der Waals surface area contributed by atoms with Gasteiger partial charge in [0.25, 0.3) is 0 Å². The largest absolute Gasteiger partial charge is 0.494 e. The number of rotatable bonds is 10. The number of hydrogen-bond acceptors (Lipinski definition) is 3. The van der Waals surface area contributed by atoms with Crippen LogP contribution in [0, 0.1) is 6.92 Å². The van der Waals surface area contributed by atoms with Crippen molar-refractivity contribution >= 4 is 5.96 Å². The Bertz CT molecular complexity index is 641. The number of hydrogen-bond donors (Lipinski definition) is 2. The van der Waals surface area contributed by atoms with Gasteiger partial charge in [0, 0.05) is 37.9 Å². The maximum absolute atomic E-state index is 5.74. The van der Waals surface area contributed by atoms with E-state index in [9.17, 15) is 0 Å². The van der Waals surface area contributed by atoms with Gasteiger partial charge in [-0.15, -0.1) is 0 Å². The van der Waals surface area contributed by atoms with E-state index in [0.29, 0.717) is 0 Å². The molecule has 0 aliphatic heterocycles. The molecule has 1 aromatic carbocycles.